The van der Waals surface area contributed by atoms with Crippen LogP contribution in [0.15, 0.2) is 138 Å². The van der Waals surface area contributed by atoms with Crippen LogP contribution in [0.25, 0.3) is 76.9 Å². The zero-order valence-electron chi connectivity index (χ0n) is 20.1. The first-order chi connectivity index (χ1) is 18.3. The van der Waals surface area contributed by atoms with Gasteiger partial charge in [0.2, 0.25) is 0 Å². The molecule has 0 amide bonds. The molecule has 172 valence electrons. The van der Waals surface area contributed by atoms with Crippen LogP contribution in [0.3, 0.4) is 0 Å². The summed E-state index contributed by atoms with van der Waals surface area (Å²) in [7, 11) is 0. The van der Waals surface area contributed by atoms with E-state index in [4.69, 9.17) is 4.42 Å². The van der Waals surface area contributed by atoms with E-state index in [0.717, 1.165) is 33.4 Å². The summed E-state index contributed by atoms with van der Waals surface area (Å²) in [6, 6.07) is 47.7. The van der Waals surface area contributed by atoms with Crippen LogP contribution in [0.1, 0.15) is 0 Å². The van der Waals surface area contributed by atoms with Crippen LogP contribution in [-0.4, -0.2) is 0 Å². The second kappa shape index (κ2) is 7.81. The largest absolute Gasteiger partial charge is 0.455 e. The molecule has 1 nitrogen and oxygen atoms in total. The minimum atomic E-state index is 0.909. The van der Waals surface area contributed by atoms with Gasteiger partial charge in [0.05, 0.1) is 0 Å². The topological polar surface area (TPSA) is 13.1 Å². The number of para-hydroxylation sites is 1. The highest BCUT2D eigenvalue weighted by molar-refractivity contribution is 6.25. The summed E-state index contributed by atoms with van der Waals surface area (Å²) in [6.07, 6.45) is 0. The Morgan fingerprint density at radius 3 is 1.84 bits per heavy atom. The van der Waals surface area contributed by atoms with E-state index in [9.17, 15) is 0 Å². The first kappa shape index (κ1) is 20.3. The van der Waals surface area contributed by atoms with Crippen molar-refractivity contribution in [2.75, 3.05) is 0 Å². The average molecular weight is 471 g/mol. The highest BCUT2D eigenvalue weighted by Crippen LogP contribution is 2.43. The Bertz CT molecular complexity index is 2050. The van der Waals surface area contributed by atoms with E-state index in [2.05, 4.69) is 115 Å². The predicted molar refractivity (Wildman–Crippen MR) is 156 cm³/mol. The Kier molecular flexibility index (Phi) is 4.29. The van der Waals surface area contributed by atoms with Crippen LogP contribution in [0, 0.1) is 0 Å². The summed E-state index contributed by atoms with van der Waals surface area (Å²) < 4.78 is 6.38. The van der Waals surface area contributed by atoms with Crippen LogP contribution in [0.2, 0.25) is 0 Å². The maximum Gasteiger partial charge on any atom is 0.143 e. The van der Waals surface area contributed by atoms with Gasteiger partial charge in [0.1, 0.15) is 11.3 Å². The fraction of sp³-hybridized carbons (Fsp3) is 0. The van der Waals surface area contributed by atoms with Gasteiger partial charge in [0, 0.05) is 16.5 Å². The van der Waals surface area contributed by atoms with Gasteiger partial charge >= 0.3 is 0 Å². The second-order valence-corrected chi connectivity index (χ2v) is 9.71. The van der Waals surface area contributed by atoms with Gasteiger partial charge in [-0.1, -0.05) is 127 Å². The van der Waals surface area contributed by atoms with Gasteiger partial charge in [-0.3, -0.25) is 0 Å². The molecule has 0 spiro atoms. The van der Waals surface area contributed by atoms with Crippen LogP contribution < -0.4 is 0 Å². The van der Waals surface area contributed by atoms with Crippen molar-refractivity contribution in [3.63, 3.8) is 0 Å². The van der Waals surface area contributed by atoms with Crippen molar-refractivity contribution in [2.45, 2.75) is 0 Å². The minimum absolute atomic E-state index is 0.909. The Morgan fingerprint density at radius 2 is 1.03 bits per heavy atom. The quantitative estimate of drug-likeness (QED) is 0.234. The third kappa shape index (κ3) is 3.04. The minimum Gasteiger partial charge on any atom is -0.455 e. The van der Waals surface area contributed by atoms with E-state index in [1.54, 1.807) is 0 Å². The summed E-state index contributed by atoms with van der Waals surface area (Å²) in [5.74, 6) is 0.914. The SMILES string of the molecule is c1ccc(-c2oc3ccccc3c2-c2ccc(-c3ccc4ccc5cccc6ccc3c4c56)cc2)cc1. The molecule has 0 atom stereocenters. The molecule has 8 aromatic rings. The average Bonchev–Trinajstić information content (AvgIpc) is 3.36. The zero-order valence-corrected chi connectivity index (χ0v) is 20.1. The second-order valence-electron chi connectivity index (χ2n) is 9.71. The number of furan rings is 1. The van der Waals surface area contributed by atoms with Crippen LogP contribution >= 0.6 is 0 Å². The van der Waals surface area contributed by atoms with E-state index < -0.39 is 0 Å². The van der Waals surface area contributed by atoms with E-state index in [1.165, 1.54) is 43.4 Å². The van der Waals surface area contributed by atoms with Crippen molar-refractivity contribution in [3.05, 3.63) is 133 Å². The van der Waals surface area contributed by atoms with Gasteiger partial charge in [-0.2, -0.15) is 0 Å². The van der Waals surface area contributed by atoms with Crippen LogP contribution in [0.5, 0.6) is 0 Å². The van der Waals surface area contributed by atoms with Gasteiger partial charge in [0.25, 0.3) is 0 Å². The van der Waals surface area contributed by atoms with E-state index >= 15 is 0 Å². The summed E-state index contributed by atoms with van der Waals surface area (Å²) in [5, 5.41) is 9.02. The lowest BCUT2D eigenvalue weighted by molar-refractivity contribution is 0.632. The Hall–Kier alpha value is -4.88. The van der Waals surface area contributed by atoms with Crippen molar-refractivity contribution >= 4 is 43.3 Å². The Balaban J connectivity index is 1.31. The lowest BCUT2D eigenvalue weighted by Gasteiger charge is -2.14. The summed E-state index contributed by atoms with van der Waals surface area (Å²) in [6.45, 7) is 0. The van der Waals surface area contributed by atoms with Crippen molar-refractivity contribution in [3.8, 4) is 33.6 Å². The molecular weight excluding hydrogens is 448 g/mol. The zero-order chi connectivity index (χ0) is 24.3. The third-order valence-electron chi connectivity index (χ3n) is 7.64. The molecule has 0 fully saturated rings. The number of rotatable bonds is 3. The first-order valence-electron chi connectivity index (χ1n) is 12.7. The van der Waals surface area contributed by atoms with E-state index in [0.29, 0.717) is 0 Å². The van der Waals surface area contributed by atoms with Crippen LogP contribution in [-0.2, 0) is 0 Å². The molecule has 1 heteroatoms. The van der Waals surface area contributed by atoms with Gasteiger partial charge < -0.3 is 4.42 Å². The molecule has 37 heavy (non-hydrogen) atoms. The van der Waals surface area contributed by atoms with Gasteiger partial charge in [-0.25, -0.2) is 0 Å². The lowest BCUT2D eigenvalue weighted by atomic mass is 9.89. The molecule has 1 aromatic heterocycles. The number of fused-ring (bicyclic) bond motifs is 1. The number of benzene rings is 7. The summed E-state index contributed by atoms with van der Waals surface area (Å²) in [5.41, 5.74) is 6.78. The van der Waals surface area contributed by atoms with Crippen molar-refractivity contribution in [1.82, 2.24) is 0 Å². The molecular formula is C36H22O. The van der Waals surface area contributed by atoms with E-state index in [-0.39, 0.29) is 0 Å². The standard InChI is InChI=1S/C36H22O/c1-2-7-28(8-3-1)36-35(31-11-4-5-12-32(31)37-36)27-15-13-23(14-16-27)29-21-19-26-18-17-24-9-6-10-25-20-22-30(29)34(26)33(24)25/h1-22H. The van der Waals surface area contributed by atoms with Gasteiger partial charge in [0.15, 0.2) is 0 Å². The molecule has 0 bridgehead atoms. The highest BCUT2D eigenvalue weighted by Gasteiger charge is 2.18. The molecule has 8 rings (SSSR count). The number of hydrogen-bond donors (Lipinski definition) is 0. The van der Waals surface area contributed by atoms with Gasteiger partial charge in [-0.15, -0.1) is 0 Å². The Labute approximate surface area is 214 Å². The van der Waals surface area contributed by atoms with Crippen LogP contribution in [0.4, 0.5) is 0 Å². The molecule has 0 N–H and O–H groups in total. The highest BCUT2D eigenvalue weighted by atomic mass is 16.3. The molecule has 0 unspecified atom stereocenters. The molecule has 0 saturated carbocycles. The van der Waals surface area contributed by atoms with Crippen molar-refractivity contribution < 1.29 is 4.42 Å². The predicted octanol–water partition coefficient (Wildman–Crippen LogP) is 10.3. The first-order valence-corrected chi connectivity index (χ1v) is 12.7. The molecule has 0 aliphatic heterocycles. The van der Waals surface area contributed by atoms with Gasteiger partial charge in [-0.05, 0) is 55.1 Å². The fourth-order valence-corrected chi connectivity index (χ4v) is 5.93. The third-order valence-corrected chi connectivity index (χ3v) is 7.64. The molecule has 0 radical (unpaired) electrons. The smallest absolute Gasteiger partial charge is 0.143 e. The van der Waals surface area contributed by atoms with Crippen molar-refractivity contribution in [1.29, 1.82) is 0 Å². The summed E-state index contributed by atoms with van der Waals surface area (Å²) in [4.78, 5) is 0. The molecule has 0 saturated heterocycles. The molecule has 0 aliphatic carbocycles. The lowest BCUT2D eigenvalue weighted by Crippen LogP contribution is -1.87. The maximum atomic E-state index is 6.38. The number of hydrogen-bond acceptors (Lipinski definition) is 1. The summed E-state index contributed by atoms with van der Waals surface area (Å²) >= 11 is 0. The molecule has 7 aromatic carbocycles. The fourth-order valence-electron chi connectivity index (χ4n) is 5.93. The Morgan fingerprint density at radius 1 is 0.378 bits per heavy atom. The normalized spacial score (nSPS) is 11.8. The molecule has 1 heterocycles. The van der Waals surface area contributed by atoms with E-state index in [1.807, 2.05) is 18.2 Å². The van der Waals surface area contributed by atoms with Crippen molar-refractivity contribution in [2.24, 2.45) is 0 Å². The molecule has 0 aliphatic rings. The monoisotopic (exact) mass is 470 g/mol. The maximum absolute atomic E-state index is 6.38.